The van der Waals surface area contributed by atoms with Crippen molar-refractivity contribution in [1.82, 2.24) is 19.9 Å². The number of anilines is 2. The van der Waals surface area contributed by atoms with Crippen LogP contribution in [0.3, 0.4) is 0 Å². The Morgan fingerprint density at radius 1 is 1.19 bits per heavy atom. The first-order valence-corrected chi connectivity index (χ1v) is 10.1. The zero-order chi connectivity index (χ0) is 22.2. The minimum atomic E-state index is -0.263. The van der Waals surface area contributed by atoms with Crippen LogP contribution in [-0.4, -0.2) is 51.4 Å². The van der Waals surface area contributed by atoms with Gasteiger partial charge in [0, 0.05) is 24.0 Å². The number of thioether (sulfide) groups is 1. The summed E-state index contributed by atoms with van der Waals surface area (Å²) in [6.45, 7) is 1.84. The number of ether oxygens (including phenoxy) is 2. The van der Waals surface area contributed by atoms with E-state index in [-0.39, 0.29) is 17.6 Å². The van der Waals surface area contributed by atoms with Crippen molar-refractivity contribution in [1.29, 1.82) is 0 Å². The SMILES string of the molecule is COc1ccc(OC)c(NC(=O)CSc2nnc(N/N=C(\C)c3ccncc3)n2N)c1. The van der Waals surface area contributed by atoms with E-state index in [9.17, 15) is 4.79 Å². The number of aromatic nitrogens is 4. The molecule has 0 saturated heterocycles. The summed E-state index contributed by atoms with van der Waals surface area (Å²) in [6, 6.07) is 8.81. The molecule has 0 aliphatic rings. The average molecular weight is 443 g/mol. The van der Waals surface area contributed by atoms with Crippen molar-refractivity contribution >= 4 is 35.0 Å². The first-order chi connectivity index (χ1) is 15.0. The van der Waals surface area contributed by atoms with E-state index in [1.54, 1.807) is 37.7 Å². The summed E-state index contributed by atoms with van der Waals surface area (Å²) in [5.74, 6) is 7.18. The maximum absolute atomic E-state index is 12.4. The number of hydrogen-bond donors (Lipinski definition) is 3. The lowest BCUT2D eigenvalue weighted by Gasteiger charge is -2.11. The van der Waals surface area contributed by atoms with Crippen LogP contribution < -0.4 is 26.1 Å². The fraction of sp³-hybridized carbons (Fsp3) is 0.211. The van der Waals surface area contributed by atoms with Crippen molar-refractivity contribution in [3.63, 3.8) is 0 Å². The average Bonchev–Trinajstić information content (AvgIpc) is 3.15. The highest BCUT2D eigenvalue weighted by Crippen LogP contribution is 2.29. The first kappa shape index (κ1) is 21.9. The summed E-state index contributed by atoms with van der Waals surface area (Å²) < 4.78 is 11.7. The lowest BCUT2D eigenvalue weighted by Crippen LogP contribution is -2.17. The van der Waals surface area contributed by atoms with Crippen molar-refractivity contribution in [2.75, 3.05) is 36.6 Å². The Morgan fingerprint density at radius 2 is 1.97 bits per heavy atom. The number of hydrazone groups is 1. The maximum Gasteiger partial charge on any atom is 0.264 e. The summed E-state index contributed by atoms with van der Waals surface area (Å²) in [5, 5.41) is 15.3. The number of benzene rings is 1. The Labute approximate surface area is 183 Å². The molecular formula is C19H22N8O3S. The van der Waals surface area contributed by atoms with Crippen LogP contribution in [0.15, 0.2) is 53.0 Å². The Balaban J connectivity index is 1.59. The zero-order valence-electron chi connectivity index (χ0n) is 17.2. The van der Waals surface area contributed by atoms with Gasteiger partial charge in [0.05, 0.1) is 31.4 Å². The number of amides is 1. The van der Waals surface area contributed by atoms with Crippen LogP contribution in [0.2, 0.25) is 0 Å². The third kappa shape index (κ3) is 5.63. The molecule has 0 fully saturated rings. The van der Waals surface area contributed by atoms with Crippen molar-refractivity contribution in [3.8, 4) is 11.5 Å². The quantitative estimate of drug-likeness (QED) is 0.196. The Hall–Kier alpha value is -3.80. The van der Waals surface area contributed by atoms with Gasteiger partial charge in [-0.3, -0.25) is 9.78 Å². The van der Waals surface area contributed by atoms with E-state index in [1.165, 1.54) is 11.8 Å². The lowest BCUT2D eigenvalue weighted by atomic mass is 10.2. The highest BCUT2D eigenvalue weighted by Gasteiger charge is 2.14. The minimum absolute atomic E-state index is 0.0645. The summed E-state index contributed by atoms with van der Waals surface area (Å²) in [5.41, 5.74) is 4.91. The number of nitrogens with zero attached hydrogens (tertiary/aromatic N) is 5. The summed E-state index contributed by atoms with van der Waals surface area (Å²) >= 11 is 1.13. The molecule has 1 amide bonds. The third-order valence-electron chi connectivity index (χ3n) is 4.10. The molecule has 0 saturated carbocycles. The highest BCUT2D eigenvalue weighted by atomic mass is 32.2. The molecular weight excluding hydrogens is 420 g/mol. The number of nitrogen functional groups attached to an aromatic ring is 1. The molecule has 0 bridgehead atoms. The molecule has 3 aromatic rings. The van der Waals surface area contributed by atoms with Crippen LogP contribution in [-0.2, 0) is 4.79 Å². The van der Waals surface area contributed by atoms with Crippen molar-refractivity contribution in [2.45, 2.75) is 12.1 Å². The van der Waals surface area contributed by atoms with Crippen molar-refractivity contribution < 1.29 is 14.3 Å². The largest absolute Gasteiger partial charge is 0.497 e. The van der Waals surface area contributed by atoms with Gasteiger partial charge in [-0.2, -0.15) is 5.10 Å². The number of nitrogens with two attached hydrogens (primary N) is 1. The van der Waals surface area contributed by atoms with Crippen LogP contribution in [0.4, 0.5) is 11.6 Å². The molecule has 0 atom stereocenters. The van der Waals surface area contributed by atoms with Gasteiger partial charge in [-0.15, -0.1) is 10.2 Å². The fourth-order valence-electron chi connectivity index (χ4n) is 2.47. The first-order valence-electron chi connectivity index (χ1n) is 9.07. The van der Waals surface area contributed by atoms with Gasteiger partial charge in [-0.25, -0.2) is 10.1 Å². The van der Waals surface area contributed by atoms with Crippen molar-refractivity contribution in [2.24, 2.45) is 5.10 Å². The summed E-state index contributed by atoms with van der Waals surface area (Å²) in [6.07, 6.45) is 3.36. The Morgan fingerprint density at radius 3 is 2.68 bits per heavy atom. The smallest absolute Gasteiger partial charge is 0.264 e. The Kier molecular flexibility index (Phi) is 7.27. The molecule has 2 heterocycles. The van der Waals surface area contributed by atoms with E-state index in [2.05, 4.69) is 31.0 Å². The molecule has 0 unspecified atom stereocenters. The molecule has 12 heteroatoms. The summed E-state index contributed by atoms with van der Waals surface area (Å²) in [7, 11) is 3.07. The number of rotatable bonds is 9. The second-order valence-electron chi connectivity index (χ2n) is 6.12. The van der Waals surface area contributed by atoms with Gasteiger partial charge < -0.3 is 20.6 Å². The monoisotopic (exact) mass is 442 g/mol. The topological polar surface area (TPSA) is 142 Å². The van der Waals surface area contributed by atoms with E-state index >= 15 is 0 Å². The number of carbonyl (C=O) groups is 1. The summed E-state index contributed by atoms with van der Waals surface area (Å²) in [4.78, 5) is 16.3. The van der Waals surface area contributed by atoms with Gasteiger partial charge in [0.1, 0.15) is 11.5 Å². The van der Waals surface area contributed by atoms with Crippen molar-refractivity contribution in [3.05, 3.63) is 48.3 Å². The molecule has 3 rings (SSSR count). The molecule has 1 aromatic carbocycles. The number of pyridine rings is 1. The van der Waals surface area contributed by atoms with E-state index in [0.29, 0.717) is 22.3 Å². The van der Waals surface area contributed by atoms with Gasteiger partial charge in [-0.05, 0) is 31.2 Å². The molecule has 0 aliphatic heterocycles. The molecule has 0 spiro atoms. The zero-order valence-corrected chi connectivity index (χ0v) is 18.0. The highest BCUT2D eigenvalue weighted by molar-refractivity contribution is 7.99. The number of methoxy groups -OCH3 is 2. The second kappa shape index (κ2) is 10.3. The molecule has 4 N–H and O–H groups in total. The lowest BCUT2D eigenvalue weighted by molar-refractivity contribution is -0.113. The van der Waals surface area contributed by atoms with Gasteiger partial charge in [0.25, 0.3) is 5.95 Å². The molecule has 0 radical (unpaired) electrons. The fourth-order valence-corrected chi connectivity index (χ4v) is 3.13. The molecule has 0 aliphatic carbocycles. The third-order valence-corrected chi connectivity index (χ3v) is 5.04. The van der Waals surface area contributed by atoms with E-state index in [4.69, 9.17) is 15.3 Å². The number of carbonyl (C=O) groups excluding carboxylic acids is 1. The molecule has 162 valence electrons. The number of nitrogens with one attached hydrogen (secondary N) is 2. The second-order valence-corrected chi connectivity index (χ2v) is 7.07. The predicted octanol–water partition coefficient (Wildman–Crippen LogP) is 1.97. The van der Waals surface area contributed by atoms with Crippen LogP contribution in [0.1, 0.15) is 12.5 Å². The standard InChI is InChI=1S/C19H22N8O3S/c1-12(13-6-8-21-9-7-13)23-24-18-25-26-19(27(18)20)31-11-17(28)22-15-10-14(29-2)4-5-16(15)30-3/h4-10H,11,20H2,1-3H3,(H,22,28)(H,24,25)/b23-12+. The van der Waals surface area contributed by atoms with E-state index < -0.39 is 0 Å². The van der Waals surface area contributed by atoms with Gasteiger partial charge >= 0.3 is 0 Å². The Bertz CT molecular complexity index is 1070. The molecule has 2 aromatic heterocycles. The van der Waals surface area contributed by atoms with Crippen LogP contribution in [0.25, 0.3) is 0 Å². The van der Waals surface area contributed by atoms with E-state index in [1.807, 2.05) is 19.1 Å². The van der Waals surface area contributed by atoms with E-state index in [0.717, 1.165) is 23.0 Å². The van der Waals surface area contributed by atoms with Gasteiger partial charge in [0.15, 0.2) is 0 Å². The molecule has 11 nitrogen and oxygen atoms in total. The molecule has 31 heavy (non-hydrogen) atoms. The predicted molar refractivity (Wildman–Crippen MR) is 119 cm³/mol. The van der Waals surface area contributed by atoms with Crippen LogP contribution in [0.5, 0.6) is 11.5 Å². The van der Waals surface area contributed by atoms with Crippen LogP contribution in [0, 0.1) is 0 Å². The van der Waals surface area contributed by atoms with Gasteiger partial charge in [0.2, 0.25) is 11.1 Å². The maximum atomic E-state index is 12.4. The normalized spacial score (nSPS) is 11.1. The minimum Gasteiger partial charge on any atom is -0.497 e. The van der Waals surface area contributed by atoms with Crippen LogP contribution >= 0.6 is 11.8 Å². The van der Waals surface area contributed by atoms with Gasteiger partial charge in [-0.1, -0.05) is 11.8 Å². The number of hydrogen-bond acceptors (Lipinski definition) is 10.